The Kier molecular flexibility index (Phi) is 5.60. The summed E-state index contributed by atoms with van der Waals surface area (Å²) in [4.78, 5) is 11.0. The van der Waals surface area contributed by atoms with Crippen LogP contribution in [-0.4, -0.2) is 30.1 Å². The first-order valence-electron chi connectivity index (χ1n) is 4.66. The molecule has 0 rings (SSSR count). The van der Waals surface area contributed by atoms with E-state index in [-0.39, 0.29) is 12.3 Å². The van der Waals surface area contributed by atoms with Crippen molar-refractivity contribution in [3.63, 3.8) is 0 Å². The number of hydrogen-bond donors (Lipinski definition) is 2. The molecule has 0 heterocycles. The van der Waals surface area contributed by atoms with Crippen molar-refractivity contribution in [2.24, 2.45) is 5.92 Å². The zero-order chi connectivity index (χ0) is 11.2. The lowest BCUT2D eigenvalue weighted by Gasteiger charge is -2.15. The molecule has 0 spiro atoms. The highest BCUT2D eigenvalue weighted by Crippen LogP contribution is 2.11. The van der Waals surface area contributed by atoms with Gasteiger partial charge in [-0.3, -0.25) is 4.79 Å². The first-order valence-corrected chi connectivity index (χ1v) is 4.66. The van der Waals surface area contributed by atoms with E-state index in [1.54, 1.807) is 0 Å². The summed E-state index contributed by atoms with van der Waals surface area (Å²) in [6, 6.07) is 0. The molecule has 5 heteroatoms. The van der Waals surface area contributed by atoms with E-state index in [0.717, 1.165) is 6.42 Å². The van der Waals surface area contributed by atoms with Gasteiger partial charge in [0.1, 0.15) is 6.61 Å². The second kappa shape index (κ2) is 5.90. The van der Waals surface area contributed by atoms with Crippen LogP contribution < -0.4 is 5.32 Å². The van der Waals surface area contributed by atoms with Gasteiger partial charge in [-0.05, 0) is 5.92 Å². The largest absolute Gasteiger partial charge is 0.390 e. The molecule has 0 aromatic rings. The number of rotatable bonds is 6. The molecule has 1 amide bonds. The lowest BCUT2D eigenvalue weighted by molar-refractivity contribution is -0.124. The van der Waals surface area contributed by atoms with Crippen molar-refractivity contribution in [1.82, 2.24) is 5.32 Å². The van der Waals surface area contributed by atoms with Gasteiger partial charge in [-0.1, -0.05) is 20.3 Å². The topological polar surface area (TPSA) is 49.3 Å². The van der Waals surface area contributed by atoms with Crippen LogP contribution >= 0.6 is 0 Å². The van der Waals surface area contributed by atoms with E-state index in [9.17, 15) is 13.6 Å². The van der Waals surface area contributed by atoms with Gasteiger partial charge in [0.25, 0.3) is 5.92 Å². The summed E-state index contributed by atoms with van der Waals surface area (Å²) in [6.07, 6.45) is 1.09. The minimum atomic E-state index is -3.22. The lowest BCUT2D eigenvalue weighted by Crippen LogP contribution is -2.39. The highest BCUT2D eigenvalue weighted by Gasteiger charge is 2.28. The summed E-state index contributed by atoms with van der Waals surface area (Å²) in [5, 5.41) is 10.3. The molecule has 0 aliphatic rings. The van der Waals surface area contributed by atoms with Crippen molar-refractivity contribution in [2.45, 2.75) is 32.6 Å². The van der Waals surface area contributed by atoms with E-state index in [4.69, 9.17) is 5.11 Å². The van der Waals surface area contributed by atoms with Crippen molar-refractivity contribution in [3.05, 3.63) is 0 Å². The van der Waals surface area contributed by atoms with Crippen LogP contribution in [0, 0.1) is 5.92 Å². The Labute approximate surface area is 82.5 Å². The van der Waals surface area contributed by atoms with Crippen molar-refractivity contribution < 1.29 is 18.7 Å². The Morgan fingerprint density at radius 2 is 2.14 bits per heavy atom. The van der Waals surface area contributed by atoms with Crippen LogP contribution in [0.4, 0.5) is 8.78 Å². The average molecular weight is 209 g/mol. The molecule has 1 atom stereocenters. The van der Waals surface area contributed by atoms with Gasteiger partial charge in [-0.25, -0.2) is 8.78 Å². The number of aliphatic hydroxyl groups excluding tert-OH is 1. The molecular weight excluding hydrogens is 192 g/mol. The van der Waals surface area contributed by atoms with Gasteiger partial charge in [0.2, 0.25) is 5.91 Å². The van der Waals surface area contributed by atoms with Crippen molar-refractivity contribution in [3.8, 4) is 0 Å². The Bertz CT molecular complexity index is 186. The molecule has 0 aromatic carbocycles. The molecule has 0 fully saturated rings. The van der Waals surface area contributed by atoms with Gasteiger partial charge in [0.15, 0.2) is 0 Å². The second-order valence-electron chi connectivity index (χ2n) is 3.51. The maximum atomic E-state index is 12.5. The third-order valence-corrected chi connectivity index (χ3v) is 2.01. The summed E-state index contributed by atoms with van der Waals surface area (Å²) in [5.74, 6) is -3.42. The molecule has 84 valence electrons. The molecule has 3 nitrogen and oxygen atoms in total. The third kappa shape index (κ3) is 5.85. The summed E-state index contributed by atoms with van der Waals surface area (Å²) in [6.45, 7) is 1.78. The van der Waals surface area contributed by atoms with Crippen LogP contribution in [0.15, 0.2) is 0 Å². The molecule has 0 aliphatic heterocycles. The molecule has 0 aliphatic carbocycles. The highest BCUT2D eigenvalue weighted by atomic mass is 19.3. The SMILES string of the molecule is CCC(C)CC(=O)NCC(F)(F)CO. The summed E-state index contributed by atoms with van der Waals surface area (Å²) >= 11 is 0. The number of hydrogen-bond acceptors (Lipinski definition) is 2. The van der Waals surface area contributed by atoms with Gasteiger partial charge >= 0.3 is 0 Å². The monoisotopic (exact) mass is 209 g/mol. The van der Waals surface area contributed by atoms with E-state index in [2.05, 4.69) is 5.32 Å². The smallest absolute Gasteiger partial charge is 0.287 e. The lowest BCUT2D eigenvalue weighted by atomic mass is 10.1. The summed E-state index contributed by atoms with van der Waals surface area (Å²) < 4.78 is 24.9. The predicted octanol–water partition coefficient (Wildman–Crippen LogP) is 1.17. The van der Waals surface area contributed by atoms with E-state index < -0.39 is 25.0 Å². The zero-order valence-electron chi connectivity index (χ0n) is 8.52. The van der Waals surface area contributed by atoms with E-state index in [1.807, 2.05) is 13.8 Å². The Balaban J connectivity index is 3.74. The van der Waals surface area contributed by atoms with Gasteiger partial charge in [0.05, 0.1) is 6.54 Å². The molecular formula is C9H17F2NO2. The normalized spacial score (nSPS) is 13.8. The predicted molar refractivity (Wildman–Crippen MR) is 49.1 cm³/mol. The molecule has 0 saturated carbocycles. The Hall–Kier alpha value is -0.710. The molecule has 0 saturated heterocycles. The van der Waals surface area contributed by atoms with Crippen molar-refractivity contribution >= 4 is 5.91 Å². The van der Waals surface area contributed by atoms with Gasteiger partial charge in [-0.15, -0.1) is 0 Å². The molecule has 14 heavy (non-hydrogen) atoms. The summed E-state index contributed by atoms with van der Waals surface area (Å²) in [7, 11) is 0. The van der Waals surface area contributed by atoms with Crippen LogP contribution in [-0.2, 0) is 4.79 Å². The number of carbonyl (C=O) groups excluding carboxylic acids is 1. The second-order valence-corrected chi connectivity index (χ2v) is 3.51. The number of amides is 1. The van der Waals surface area contributed by atoms with E-state index in [1.165, 1.54) is 0 Å². The van der Waals surface area contributed by atoms with Gasteiger partial charge < -0.3 is 10.4 Å². The molecule has 0 aromatic heterocycles. The van der Waals surface area contributed by atoms with Crippen LogP contribution in [0.1, 0.15) is 26.7 Å². The number of halogens is 2. The first kappa shape index (κ1) is 13.3. The Morgan fingerprint density at radius 3 is 2.57 bits per heavy atom. The summed E-state index contributed by atoms with van der Waals surface area (Å²) in [5.41, 5.74) is 0. The van der Waals surface area contributed by atoms with Gasteiger partial charge in [-0.2, -0.15) is 0 Å². The number of aliphatic hydroxyl groups is 1. The fraction of sp³-hybridized carbons (Fsp3) is 0.889. The van der Waals surface area contributed by atoms with Crippen molar-refractivity contribution in [2.75, 3.05) is 13.2 Å². The maximum Gasteiger partial charge on any atom is 0.287 e. The average Bonchev–Trinajstić information content (AvgIpc) is 2.15. The Morgan fingerprint density at radius 1 is 1.57 bits per heavy atom. The first-order chi connectivity index (χ1) is 6.41. The number of nitrogens with one attached hydrogen (secondary N) is 1. The minimum absolute atomic E-state index is 0.192. The van der Waals surface area contributed by atoms with Crippen LogP contribution in [0.2, 0.25) is 0 Å². The van der Waals surface area contributed by atoms with Crippen molar-refractivity contribution in [1.29, 1.82) is 0 Å². The fourth-order valence-corrected chi connectivity index (χ4v) is 0.817. The van der Waals surface area contributed by atoms with Crippen LogP contribution in [0.3, 0.4) is 0 Å². The maximum absolute atomic E-state index is 12.5. The molecule has 0 bridgehead atoms. The van der Waals surface area contributed by atoms with Gasteiger partial charge in [0, 0.05) is 6.42 Å². The van der Waals surface area contributed by atoms with E-state index >= 15 is 0 Å². The third-order valence-electron chi connectivity index (χ3n) is 2.01. The minimum Gasteiger partial charge on any atom is -0.390 e. The molecule has 0 radical (unpaired) electrons. The standard InChI is InChI=1S/C9H17F2NO2/c1-3-7(2)4-8(14)12-5-9(10,11)6-13/h7,13H,3-6H2,1-2H3,(H,12,14). The fourth-order valence-electron chi connectivity index (χ4n) is 0.817. The van der Waals surface area contributed by atoms with E-state index in [0.29, 0.717) is 0 Å². The number of alkyl halides is 2. The quantitative estimate of drug-likeness (QED) is 0.689. The number of carbonyl (C=O) groups is 1. The molecule has 1 unspecified atom stereocenters. The van der Waals surface area contributed by atoms with Crippen LogP contribution in [0.25, 0.3) is 0 Å². The zero-order valence-corrected chi connectivity index (χ0v) is 8.52. The molecule has 2 N–H and O–H groups in total. The highest BCUT2D eigenvalue weighted by molar-refractivity contribution is 5.76. The van der Waals surface area contributed by atoms with Crippen LogP contribution in [0.5, 0.6) is 0 Å².